The van der Waals surface area contributed by atoms with E-state index in [2.05, 4.69) is 0 Å². The Balaban J connectivity index is 2.33. The number of thioether (sulfide) groups is 1. The van der Waals surface area contributed by atoms with Gasteiger partial charge in [-0.15, -0.1) is 0 Å². The van der Waals surface area contributed by atoms with E-state index in [9.17, 15) is 9.90 Å². The summed E-state index contributed by atoms with van der Waals surface area (Å²) in [5.41, 5.74) is 0.188. The highest BCUT2D eigenvalue weighted by Gasteiger charge is 2.35. The Hall–Kier alpha value is -1.16. The maximum Gasteiger partial charge on any atom is 0.309 e. The van der Waals surface area contributed by atoms with Gasteiger partial charge in [-0.25, -0.2) is 0 Å². The molecular formula is C14H18O3S. The molecule has 18 heavy (non-hydrogen) atoms. The zero-order valence-corrected chi connectivity index (χ0v) is 11.9. The fraction of sp³-hybridized carbons (Fsp3) is 0.500. The molecule has 98 valence electrons. The third-order valence-corrected chi connectivity index (χ3v) is 4.09. The van der Waals surface area contributed by atoms with Crippen LogP contribution in [0.5, 0.6) is 5.75 Å². The molecule has 2 rings (SSSR count). The Bertz CT molecular complexity index is 492. The number of rotatable bonds is 3. The molecule has 0 atom stereocenters. The van der Waals surface area contributed by atoms with Gasteiger partial charge in [-0.05, 0) is 45.7 Å². The molecule has 0 fully saturated rings. The molecule has 0 unspecified atom stereocenters. The lowest BCUT2D eigenvalue weighted by atomic mass is 9.85. The van der Waals surface area contributed by atoms with Crippen LogP contribution in [0, 0.1) is 5.41 Å². The highest BCUT2D eigenvalue weighted by atomic mass is 32.2. The Morgan fingerprint density at radius 3 is 2.72 bits per heavy atom. The van der Waals surface area contributed by atoms with Crippen molar-refractivity contribution in [2.24, 2.45) is 5.41 Å². The molecule has 0 spiro atoms. The number of ether oxygens (including phenoxy) is 1. The number of carbonyl (C=O) groups is 1. The van der Waals surface area contributed by atoms with Gasteiger partial charge in [-0.1, -0.05) is 23.9 Å². The first-order valence-electron chi connectivity index (χ1n) is 5.95. The number of hydrogen-bond donors (Lipinski definition) is 1. The van der Waals surface area contributed by atoms with E-state index in [0.717, 1.165) is 16.2 Å². The van der Waals surface area contributed by atoms with Crippen molar-refractivity contribution in [3.63, 3.8) is 0 Å². The Labute approximate surface area is 112 Å². The first-order chi connectivity index (χ1) is 8.21. The van der Waals surface area contributed by atoms with Gasteiger partial charge in [0.2, 0.25) is 0 Å². The van der Waals surface area contributed by atoms with Gasteiger partial charge in [0.15, 0.2) is 4.93 Å². The number of hydrogen-bond acceptors (Lipinski definition) is 3. The van der Waals surface area contributed by atoms with Crippen molar-refractivity contribution in [1.82, 2.24) is 0 Å². The summed E-state index contributed by atoms with van der Waals surface area (Å²) < 4.78 is 5.92. The number of carboxylic acids is 1. The first-order valence-corrected chi connectivity index (χ1v) is 6.76. The van der Waals surface area contributed by atoms with Gasteiger partial charge in [0, 0.05) is 0 Å². The van der Waals surface area contributed by atoms with E-state index >= 15 is 0 Å². The van der Waals surface area contributed by atoms with Crippen LogP contribution in [-0.4, -0.2) is 16.0 Å². The lowest BCUT2D eigenvalue weighted by Gasteiger charge is -2.21. The SMILES string of the molecule is CC1(C)Oc2c(CC(C)(C)C(=O)O)cccc2S1. The fourth-order valence-corrected chi connectivity index (χ4v) is 3.05. The van der Waals surface area contributed by atoms with Crippen molar-refractivity contribution in [3.05, 3.63) is 23.8 Å². The first kappa shape index (κ1) is 13.3. The molecule has 0 saturated heterocycles. The molecular weight excluding hydrogens is 248 g/mol. The van der Waals surface area contributed by atoms with Gasteiger partial charge in [0.25, 0.3) is 0 Å². The topological polar surface area (TPSA) is 46.5 Å². The normalized spacial score (nSPS) is 17.1. The maximum absolute atomic E-state index is 11.2. The second-order valence-electron chi connectivity index (χ2n) is 5.71. The highest BCUT2D eigenvalue weighted by molar-refractivity contribution is 8.00. The number of fused-ring (bicyclic) bond motifs is 1. The highest BCUT2D eigenvalue weighted by Crippen LogP contribution is 2.49. The molecule has 0 radical (unpaired) electrons. The predicted molar refractivity (Wildman–Crippen MR) is 72.1 cm³/mol. The van der Waals surface area contributed by atoms with E-state index < -0.39 is 11.4 Å². The number of benzene rings is 1. The van der Waals surface area contributed by atoms with Crippen LogP contribution in [0.1, 0.15) is 33.3 Å². The van der Waals surface area contributed by atoms with Crippen molar-refractivity contribution in [3.8, 4) is 5.75 Å². The quantitative estimate of drug-likeness (QED) is 0.908. The predicted octanol–water partition coefficient (Wildman–Crippen LogP) is 3.56. The zero-order chi connectivity index (χ0) is 13.6. The third kappa shape index (κ3) is 2.48. The van der Waals surface area contributed by atoms with Crippen LogP contribution < -0.4 is 4.74 Å². The summed E-state index contributed by atoms with van der Waals surface area (Å²) in [6, 6.07) is 5.93. The molecule has 0 amide bonds. The van der Waals surface area contributed by atoms with E-state index in [0.29, 0.717) is 6.42 Å². The molecule has 0 saturated carbocycles. The average molecular weight is 266 g/mol. The summed E-state index contributed by atoms with van der Waals surface area (Å²) in [5, 5.41) is 9.21. The second kappa shape index (κ2) is 4.19. The maximum atomic E-state index is 11.2. The van der Waals surface area contributed by atoms with Gasteiger partial charge in [0.1, 0.15) is 5.75 Å². The number of aliphatic carboxylic acids is 1. The molecule has 1 aromatic carbocycles. The Morgan fingerprint density at radius 2 is 2.11 bits per heavy atom. The molecule has 4 heteroatoms. The van der Waals surface area contributed by atoms with E-state index in [1.165, 1.54) is 0 Å². The van der Waals surface area contributed by atoms with E-state index in [1.807, 2.05) is 32.0 Å². The third-order valence-electron chi connectivity index (χ3n) is 2.98. The summed E-state index contributed by atoms with van der Waals surface area (Å²) in [6.45, 7) is 7.51. The van der Waals surface area contributed by atoms with Gasteiger partial charge in [-0.3, -0.25) is 4.79 Å². The largest absolute Gasteiger partial charge is 0.481 e. The van der Waals surface area contributed by atoms with Gasteiger partial charge in [-0.2, -0.15) is 0 Å². The molecule has 1 heterocycles. The number of para-hydroxylation sites is 1. The van der Waals surface area contributed by atoms with Crippen molar-refractivity contribution in [2.75, 3.05) is 0 Å². The summed E-state index contributed by atoms with van der Waals surface area (Å²) >= 11 is 1.67. The van der Waals surface area contributed by atoms with Crippen LogP contribution in [0.25, 0.3) is 0 Å². The average Bonchev–Trinajstić information content (AvgIpc) is 2.52. The molecule has 0 aliphatic carbocycles. The van der Waals surface area contributed by atoms with Crippen LogP contribution in [0.15, 0.2) is 23.1 Å². The van der Waals surface area contributed by atoms with Crippen LogP contribution in [-0.2, 0) is 11.2 Å². The summed E-state index contributed by atoms with van der Waals surface area (Å²) in [7, 11) is 0. The van der Waals surface area contributed by atoms with Gasteiger partial charge >= 0.3 is 5.97 Å². The second-order valence-corrected chi connectivity index (χ2v) is 7.34. The van der Waals surface area contributed by atoms with Crippen molar-refractivity contribution in [1.29, 1.82) is 0 Å². The fourth-order valence-electron chi connectivity index (χ4n) is 1.98. The Morgan fingerprint density at radius 1 is 1.44 bits per heavy atom. The van der Waals surface area contributed by atoms with Gasteiger partial charge < -0.3 is 9.84 Å². The molecule has 1 aromatic rings. The van der Waals surface area contributed by atoms with Crippen LogP contribution in [0.2, 0.25) is 0 Å². The monoisotopic (exact) mass is 266 g/mol. The van der Waals surface area contributed by atoms with Crippen molar-refractivity contribution < 1.29 is 14.6 Å². The molecule has 1 aliphatic rings. The molecule has 0 bridgehead atoms. The lowest BCUT2D eigenvalue weighted by Crippen LogP contribution is -2.26. The van der Waals surface area contributed by atoms with E-state index in [-0.39, 0.29) is 4.93 Å². The summed E-state index contributed by atoms with van der Waals surface area (Å²) in [5.74, 6) is 0.0619. The molecule has 0 aromatic heterocycles. The minimum absolute atomic E-state index is 0.272. The number of carboxylic acid groups (broad SMARTS) is 1. The van der Waals surface area contributed by atoms with Crippen molar-refractivity contribution >= 4 is 17.7 Å². The van der Waals surface area contributed by atoms with Crippen molar-refractivity contribution in [2.45, 2.75) is 43.9 Å². The van der Waals surface area contributed by atoms with E-state index in [4.69, 9.17) is 4.74 Å². The molecule has 1 N–H and O–H groups in total. The van der Waals surface area contributed by atoms with Crippen LogP contribution in [0.3, 0.4) is 0 Å². The van der Waals surface area contributed by atoms with Gasteiger partial charge in [0.05, 0.1) is 10.3 Å². The smallest absolute Gasteiger partial charge is 0.309 e. The minimum Gasteiger partial charge on any atom is -0.481 e. The standard InChI is InChI=1S/C14H18O3S/c1-13(2,12(15)16)8-9-6-5-7-10-11(9)17-14(3,4)18-10/h5-7H,8H2,1-4H3,(H,15,16). The molecule has 1 aliphatic heterocycles. The van der Waals surface area contributed by atoms with Crippen LogP contribution >= 0.6 is 11.8 Å². The minimum atomic E-state index is -0.787. The Kier molecular flexibility index (Phi) is 3.09. The van der Waals surface area contributed by atoms with Crippen LogP contribution in [0.4, 0.5) is 0 Å². The van der Waals surface area contributed by atoms with E-state index in [1.54, 1.807) is 25.6 Å². The summed E-state index contributed by atoms with van der Waals surface area (Å²) in [4.78, 5) is 12.0. The lowest BCUT2D eigenvalue weighted by molar-refractivity contribution is -0.146. The molecule has 3 nitrogen and oxygen atoms in total. The summed E-state index contributed by atoms with van der Waals surface area (Å²) in [6.07, 6.45) is 0.474. The zero-order valence-electron chi connectivity index (χ0n) is 11.1.